The van der Waals surface area contributed by atoms with Crippen molar-refractivity contribution < 1.29 is 4.74 Å². The molecule has 0 unspecified atom stereocenters. The minimum atomic E-state index is 0.0419. The molecule has 1 fully saturated rings. The summed E-state index contributed by atoms with van der Waals surface area (Å²) in [7, 11) is 1.81. The van der Waals surface area contributed by atoms with Crippen LogP contribution in [0, 0.1) is 13.8 Å². The Labute approximate surface area is 91.6 Å². The van der Waals surface area contributed by atoms with Gasteiger partial charge < -0.3 is 10.1 Å². The zero-order valence-corrected chi connectivity index (χ0v) is 9.76. The number of benzene rings is 1. The van der Waals surface area contributed by atoms with Crippen LogP contribution in [0.15, 0.2) is 18.2 Å². The molecule has 0 atom stereocenters. The Bertz CT molecular complexity index is 330. The Hall–Kier alpha value is -0.860. The van der Waals surface area contributed by atoms with Crippen molar-refractivity contribution in [3.05, 3.63) is 34.9 Å². The number of rotatable bonds is 3. The van der Waals surface area contributed by atoms with Crippen molar-refractivity contribution in [2.24, 2.45) is 0 Å². The molecule has 0 radical (unpaired) electrons. The number of ether oxygens (including phenoxy) is 1. The second-order valence-corrected chi connectivity index (χ2v) is 4.66. The molecule has 1 aliphatic rings. The van der Waals surface area contributed by atoms with Crippen LogP contribution in [-0.2, 0) is 11.2 Å². The first kappa shape index (κ1) is 10.7. The number of methoxy groups -OCH3 is 1. The van der Waals surface area contributed by atoms with E-state index in [1.807, 2.05) is 7.11 Å². The van der Waals surface area contributed by atoms with Gasteiger partial charge in [0.2, 0.25) is 0 Å². The Morgan fingerprint density at radius 2 is 1.80 bits per heavy atom. The Morgan fingerprint density at radius 1 is 1.20 bits per heavy atom. The van der Waals surface area contributed by atoms with Crippen LogP contribution in [0.5, 0.6) is 0 Å². The van der Waals surface area contributed by atoms with Crippen LogP contribution in [-0.4, -0.2) is 25.8 Å². The maximum Gasteiger partial charge on any atom is 0.0966 e. The highest BCUT2D eigenvalue weighted by molar-refractivity contribution is 5.30. The van der Waals surface area contributed by atoms with E-state index in [9.17, 15) is 0 Å². The minimum Gasteiger partial charge on any atom is -0.375 e. The fraction of sp³-hybridized carbons (Fsp3) is 0.538. The molecular formula is C13H19NO. The summed E-state index contributed by atoms with van der Waals surface area (Å²) < 4.78 is 5.59. The van der Waals surface area contributed by atoms with Crippen molar-refractivity contribution in [2.75, 3.05) is 20.2 Å². The second kappa shape index (κ2) is 3.95. The normalized spacial score (nSPS) is 18.6. The first-order valence-electron chi connectivity index (χ1n) is 5.47. The van der Waals surface area contributed by atoms with Crippen molar-refractivity contribution in [3.8, 4) is 0 Å². The summed E-state index contributed by atoms with van der Waals surface area (Å²) in [6, 6.07) is 6.72. The summed E-state index contributed by atoms with van der Waals surface area (Å²) in [5.41, 5.74) is 4.10. The van der Waals surface area contributed by atoms with Gasteiger partial charge in [0, 0.05) is 26.6 Å². The van der Waals surface area contributed by atoms with Crippen LogP contribution in [0.3, 0.4) is 0 Å². The fourth-order valence-corrected chi connectivity index (χ4v) is 2.29. The van der Waals surface area contributed by atoms with E-state index >= 15 is 0 Å². The molecule has 2 heteroatoms. The lowest BCUT2D eigenvalue weighted by molar-refractivity contribution is -0.0502. The van der Waals surface area contributed by atoms with E-state index in [-0.39, 0.29) is 5.60 Å². The first-order valence-corrected chi connectivity index (χ1v) is 5.47. The first-order chi connectivity index (χ1) is 7.13. The van der Waals surface area contributed by atoms with Gasteiger partial charge in [-0.05, 0) is 19.4 Å². The molecule has 0 saturated carbocycles. The molecule has 2 nitrogen and oxygen atoms in total. The van der Waals surface area contributed by atoms with E-state index in [2.05, 4.69) is 37.4 Å². The molecule has 0 aliphatic carbocycles. The molecule has 2 rings (SSSR count). The molecule has 1 N–H and O–H groups in total. The summed E-state index contributed by atoms with van der Waals surface area (Å²) in [6.07, 6.45) is 1.01. The lowest BCUT2D eigenvalue weighted by Crippen LogP contribution is -2.61. The zero-order chi connectivity index (χ0) is 10.9. The highest BCUT2D eigenvalue weighted by Gasteiger charge is 2.36. The predicted octanol–water partition coefficient (Wildman–Crippen LogP) is 1.83. The third-order valence-electron chi connectivity index (χ3n) is 3.14. The van der Waals surface area contributed by atoms with E-state index in [1.165, 1.54) is 16.7 Å². The molecule has 15 heavy (non-hydrogen) atoms. The SMILES string of the molecule is COC1(Cc2cc(C)cc(C)c2)CNC1. The molecule has 1 heterocycles. The summed E-state index contributed by atoms with van der Waals surface area (Å²) in [5.74, 6) is 0. The molecule has 0 amide bonds. The van der Waals surface area contributed by atoms with E-state index in [0.717, 1.165) is 19.5 Å². The maximum atomic E-state index is 5.59. The molecule has 82 valence electrons. The predicted molar refractivity (Wildman–Crippen MR) is 62.2 cm³/mol. The van der Waals surface area contributed by atoms with E-state index in [0.29, 0.717) is 0 Å². The monoisotopic (exact) mass is 205 g/mol. The van der Waals surface area contributed by atoms with Crippen LogP contribution in [0.25, 0.3) is 0 Å². The molecule has 1 saturated heterocycles. The van der Waals surface area contributed by atoms with Gasteiger partial charge in [0.15, 0.2) is 0 Å². The quantitative estimate of drug-likeness (QED) is 0.813. The standard InChI is InChI=1S/C13H19NO/c1-10-4-11(2)6-12(5-10)7-13(15-3)8-14-9-13/h4-6,14H,7-9H2,1-3H3. The smallest absolute Gasteiger partial charge is 0.0966 e. The van der Waals surface area contributed by atoms with E-state index in [4.69, 9.17) is 4.74 Å². The molecule has 0 bridgehead atoms. The third kappa shape index (κ3) is 2.21. The van der Waals surface area contributed by atoms with Gasteiger partial charge in [-0.2, -0.15) is 0 Å². The molecule has 1 aliphatic heterocycles. The van der Waals surface area contributed by atoms with Gasteiger partial charge in [-0.1, -0.05) is 29.3 Å². The number of hydrogen-bond donors (Lipinski definition) is 1. The highest BCUT2D eigenvalue weighted by atomic mass is 16.5. The van der Waals surface area contributed by atoms with Crippen molar-refractivity contribution in [1.29, 1.82) is 0 Å². The highest BCUT2D eigenvalue weighted by Crippen LogP contribution is 2.22. The summed E-state index contributed by atoms with van der Waals surface area (Å²) in [6.45, 7) is 6.23. The van der Waals surface area contributed by atoms with Crippen molar-refractivity contribution >= 4 is 0 Å². The molecule has 1 aromatic rings. The average Bonchev–Trinajstić information content (AvgIpc) is 2.10. The van der Waals surface area contributed by atoms with Crippen LogP contribution >= 0.6 is 0 Å². The Balaban J connectivity index is 2.16. The number of hydrogen-bond acceptors (Lipinski definition) is 2. The van der Waals surface area contributed by atoms with Crippen LogP contribution < -0.4 is 5.32 Å². The summed E-state index contributed by atoms with van der Waals surface area (Å²) >= 11 is 0. The summed E-state index contributed by atoms with van der Waals surface area (Å²) in [4.78, 5) is 0. The molecule has 0 aromatic heterocycles. The van der Waals surface area contributed by atoms with Gasteiger partial charge in [0.05, 0.1) is 5.60 Å². The Kier molecular flexibility index (Phi) is 2.81. The minimum absolute atomic E-state index is 0.0419. The van der Waals surface area contributed by atoms with E-state index < -0.39 is 0 Å². The van der Waals surface area contributed by atoms with Gasteiger partial charge in [0.1, 0.15) is 0 Å². The van der Waals surface area contributed by atoms with Crippen molar-refractivity contribution in [3.63, 3.8) is 0 Å². The van der Waals surface area contributed by atoms with Gasteiger partial charge in [0.25, 0.3) is 0 Å². The lowest BCUT2D eigenvalue weighted by Gasteiger charge is -2.41. The fourth-order valence-electron chi connectivity index (χ4n) is 2.29. The van der Waals surface area contributed by atoms with Crippen molar-refractivity contribution in [2.45, 2.75) is 25.9 Å². The summed E-state index contributed by atoms with van der Waals surface area (Å²) in [5, 5.41) is 3.28. The topological polar surface area (TPSA) is 21.3 Å². The van der Waals surface area contributed by atoms with Gasteiger partial charge in [-0.25, -0.2) is 0 Å². The van der Waals surface area contributed by atoms with Crippen molar-refractivity contribution in [1.82, 2.24) is 5.32 Å². The number of nitrogens with one attached hydrogen (secondary N) is 1. The molecular weight excluding hydrogens is 186 g/mol. The zero-order valence-electron chi connectivity index (χ0n) is 9.76. The van der Waals surface area contributed by atoms with Crippen LogP contribution in [0.1, 0.15) is 16.7 Å². The average molecular weight is 205 g/mol. The number of aryl methyl sites for hydroxylation is 2. The molecule has 0 spiro atoms. The van der Waals surface area contributed by atoms with Gasteiger partial charge in [-0.3, -0.25) is 0 Å². The van der Waals surface area contributed by atoms with Crippen LogP contribution in [0.4, 0.5) is 0 Å². The van der Waals surface area contributed by atoms with Crippen LogP contribution in [0.2, 0.25) is 0 Å². The van der Waals surface area contributed by atoms with Gasteiger partial charge in [-0.15, -0.1) is 0 Å². The maximum absolute atomic E-state index is 5.59. The molecule has 1 aromatic carbocycles. The second-order valence-electron chi connectivity index (χ2n) is 4.66. The Morgan fingerprint density at radius 3 is 2.20 bits per heavy atom. The largest absolute Gasteiger partial charge is 0.375 e. The third-order valence-corrected chi connectivity index (χ3v) is 3.14. The lowest BCUT2D eigenvalue weighted by atomic mass is 9.88. The van der Waals surface area contributed by atoms with E-state index in [1.54, 1.807) is 0 Å². The van der Waals surface area contributed by atoms with Gasteiger partial charge >= 0.3 is 0 Å².